The van der Waals surface area contributed by atoms with E-state index >= 15 is 0 Å². The van der Waals surface area contributed by atoms with E-state index in [-0.39, 0.29) is 0 Å². The summed E-state index contributed by atoms with van der Waals surface area (Å²) in [6.07, 6.45) is 0. The molecule has 0 aliphatic carbocycles. The summed E-state index contributed by atoms with van der Waals surface area (Å²) >= 11 is 0. The zero-order chi connectivity index (χ0) is 7.56. The van der Waals surface area contributed by atoms with Gasteiger partial charge in [0.25, 0.3) is 0 Å². The third-order valence-corrected chi connectivity index (χ3v) is 1.45. The van der Waals surface area contributed by atoms with Crippen LogP contribution in [0.2, 0.25) is 0 Å². The van der Waals surface area contributed by atoms with Crippen LogP contribution in [-0.4, -0.2) is 7.11 Å². The molecule has 0 aliphatic heterocycles. The molecule has 1 nitrogen and oxygen atoms in total. The Balaban J connectivity index is 3.43. The minimum atomic E-state index is 0.799. The molecule has 0 fully saturated rings. The van der Waals surface area contributed by atoms with Gasteiger partial charge in [-0.25, -0.2) is 0 Å². The number of hydrogen-bond donors (Lipinski definition) is 0. The fraction of sp³-hybridized carbons (Fsp3) is 0.111. The first-order valence-corrected chi connectivity index (χ1v) is 3.06. The molecule has 1 aromatic rings. The zero-order valence-electron chi connectivity index (χ0n) is 6.05. The van der Waals surface area contributed by atoms with Gasteiger partial charge in [-0.2, -0.15) is 0 Å². The number of benzene rings is 1. The van der Waals surface area contributed by atoms with Crippen molar-refractivity contribution in [2.45, 2.75) is 0 Å². The lowest BCUT2D eigenvalue weighted by molar-refractivity contribution is 0.411. The van der Waals surface area contributed by atoms with Crippen LogP contribution < -0.4 is 15.2 Å². The van der Waals surface area contributed by atoms with E-state index in [1.54, 1.807) is 7.11 Å². The third kappa shape index (κ3) is 1.03. The molecule has 0 saturated carbocycles. The summed E-state index contributed by atoms with van der Waals surface area (Å²) in [5, 5.41) is 1.78. The maximum absolute atomic E-state index is 5.02. The maximum atomic E-state index is 5.02. The first-order valence-electron chi connectivity index (χ1n) is 3.06. The van der Waals surface area contributed by atoms with Gasteiger partial charge in [-0.15, -0.1) is 0 Å². The summed E-state index contributed by atoms with van der Waals surface area (Å²) in [7, 11) is 1.63. The number of hydrogen-bond acceptors (Lipinski definition) is 1. The van der Waals surface area contributed by atoms with Crippen LogP contribution in [0.25, 0.3) is 13.2 Å². The molecule has 1 aromatic carbocycles. The molecule has 0 atom stereocenters. The van der Waals surface area contributed by atoms with Crippen molar-refractivity contribution in [2.75, 3.05) is 7.11 Å². The monoisotopic (exact) mass is 134 g/mol. The Labute approximate surface area is 60.3 Å². The molecule has 0 aromatic heterocycles. The average Bonchev–Trinajstić information content (AvgIpc) is 1.95. The third-order valence-electron chi connectivity index (χ3n) is 1.45. The van der Waals surface area contributed by atoms with Gasteiger partial charge in [-0.1, -0.05) is 25.3 Å². The fourth-order valence-electron chi connectivity index (χ4n) is 0.802. The van der Waals surface area contributed by atoms with Gasteiger partial charge in [0.15, 0.2) is 0 Å². The van der Waals surface area contributed by atoms with E-state index in [2.05, 4.69) is 13.2 Å². The van der Waals surface area contributed by atoms with Crippen molar-refractivity contribution in [1.29, 1.82) is 0 Å². The lowest BCUT2D eigenvalue weighted by Gasteiger charge is -1.97. The van der Waals surface area contributed by atoms with Crippen LogP contribution >= 0.6 is 0 Å². The molecule has 1 heteroatoms. The molecule has 10 heavy (non-hydrogen) atoms. The quantitative estimate of drug-likeness (QED) is 0.544. The number of methoxy groups -OCH3 is 1. The van der Waals surface area contributed by atoms with E-state index < -0.39 is 0 Å². The predicted octanol–water partition coefficient (Wildman–Crippen LogP) is 0.516. The maximum Gasteiger partial charge on any atom is 0.126 e. The molecule has 0 radical (unpaired) electrons. The molecular weight excluding hydrogens is 124 g/mol. The Morgan fingerprint density at radius 1 is 1.30 bits per heavy atom. The molecule has 0 unspecified atom stereocenters. The van der Waals surface area contributed by atoms with E-state index in [9.17, 15) is 0 Å². The van der Waals surface area contributed by atoms with Gasteiger partial charge in [0.1, 0.15) is 5.75 Å². The first kappa shape index (κ1) is 6.87. The topological polar surface area (TPSA) is 9.23 Å². The normalized spacial score (nSPS) is 9.30. The fourth-order valence-corrected chi connectivity index (χ4v) is 0.802. The van der Waals surface area contributed by atoms with Gasteiger partial charge >= 0.3 is 0 Å². The number of rotatable bonds is 1. The van der Waals surface area contributed by atoms with Gasteiger partial charge < -0.3 is 4.74 Å². The minimum Gasteiger partial charge on any atom is -0.496 e. The zero-order valence-corrected chi connectivity index (χ0v) is 6.05. The van der Waals surface area contributed by atoms with Crippen LogP contribution in [0.15, 0.2) is 18.2 Å². The summed E-state index contributed by atoms with van der Waals surface area (Å²) in [6, 6.07) is 5.68. The lowest BCUT2D eigenvalue weighted by atomic mass is 10.2. The van der Waals surface area contributed by atoms with Crippen molar-refractivity contribution in [2.24, 2.45) is 0 Å². The smallest absolute Gasteiger partial charge is 0.126 e. The summed E-state index contributed by atoms with van der Waals surface area (Å²) in [4.78, 5) is 0. The molecular formula is C9H10O. The highest BCUT2D eigenvalue weighted by Gasteiger charge is 1.88. The predicted molar refractivity (Wildman–Crippen MR) is 43.3 cm³/mol. The summed E-state index contributed by atoms with van der Waals surface area (Å²) < 4.78 is 5.02. The number of ether oxygens (including phenoxy) is 1. The largest absolute Gasteiger partial charge is 0.496 e. The van der Waals surface area contributed by atoms with E-state index in [4.69, 9.17) is 4.74 Å². The highest BCUT2D eigenvalue weighted by atomic mass is 16.5. The molecule has 0 heterocycles. The van der Waals surface area contributed by atoms with Gasteiger partial charge in [-0.3, -0.25) is 0 Å². The minimum absolute atomic E-state index is 0.799. The summed E-state index contributed by atoms with van der Waals surface area (Å²) in [5.41, 5.74) is 0. The van der Waals surface area contributed by atoms with Gasteiger partial charge in [0.2, 0.25) is 0 Å². The molecule has 0 bridgehead atoms. The van der Waals surface area contributed by atoms with Crippen LogP contribution in [0.5, 0.6) is 5.75 Å². The summed E-state index contributed by atoms with van der Waals surface area (Å²) in [6.45, 7) is 7.59. The Hall–Kier alpha value is -1.24. The average molecular weight is 134 g/mol. The second-order valence-corrected chi connectivity index (χ2v) is 2.10. The van der Waals surface area contributed by atoms with Crippen molar-refractivity contribution in [3.63, 3.8) is 0 Å². The molecule has 52 valence electrons. The SMILES string of the molecule is C=c1cccc(OC)c1=C. The first-order chi connectivity index (χ1) is 4.75. The molecule has 0 spiro atoms. The van der Waals surface area contributed by atoms with Crippen LogP contribution in [-0.2, 0) is 0 Å². The van der Waals surface area contributed by atoms with E-state index in [0.29, 0.717) is 0 Å². The van der Waals surface area contributed by atoms with Crippen LogP contribution in [0.3, 0.4) is 0 Å². The summed E-state index contributed by atoms with van der Waals surface area (Å²) in [5.74, 6) is 0.799. The van der Waals surface area contributed by atoms with Crippen LogP contribution in [0.4, 0.5) is 0 Å². The highest BCUT2D eigenvalue weighted by molar-refractivity contribution is 5.29. The van der Waals surface area contributed by atoms with E-state index in [1.807, 2.05) is 18.2 Å². The second-order valence-electron chi connectivity index (χ2n) is 2.10. The van der Waals surface area contributed by atoms with Crippen molar-refractivity contribution in [1.82, 2.24) is 0 Å². The molecule has 0 amide bonds. The van der Waals surface area contributed by atoms with Crippen molar-refractivity contribution < 1.29 is 4.74 Å². The standard InChI is InChI=1S/C9H10O/c1-7-5-4-6-9(10-3)8(7)2/h4-6H,1-2H2,3H3. The highest BCUT2D eigenvalue weighted by Crippen LogP contribution is 1.95. The van der Waals surface area contributed by atoms with Crippen molar-refractivity contribution in [3.8, 4) is 5.75 Å². The van der Waals surface area contributed by atoms with Gasteiger partial charge in [-0.05, 0) is 11.3 Å². The Morgan fingerprint density at radius 3 is 2.50 bits per heavy atom. The van der Waals surface area contributed by atoms with Crippen LogP contribution in [0, 0.1) is 0 Å². The lowest BCUT2D eigenvalue weighted by Crippen LogP contribution is -2.22. The Morgan fingerprint density at radius 2 is 2.00 bits per heavy atom. The Bertz CT molecular complexity index is 314. The molecule has 1 rings (SSSR count). The van der Waals surface area contributed by atoms with E-state index in [0.717, 1.165) is 16.2 Å². The second kappa shape index (κ2) is 2.56. The molecule has 0 N–H and O–H groups in total. The molecule has 0 aliphatic rings. The van der Waals surface area contributed by atoms with E-state index in [1.165, 1.54) is 0 Å². The molecule has 0 saturated heterocycles. The van der Waals surface area contributed by atoms with Crippen molar-refractivity contribution in [3.05, 3.63) is 28.6 Å². The van der Waals surface area contributed by atoms with Gasteiger partial charge in [0, 0.05) is 5.22 Å². The van der Waals surface area contributed by atoms with Crippen molar-refractivity contribution >= 4 is 13.2 Å². The van der Waals surface area contributed by atoms with Gasteiger partial charge in [0.05, 0.1) is 7.11 Å². The van der Waals surface area contributed by atoms with Crippen LogP contribution in [0.1, 0.15) is 0 Å². The Kier molecular flexibility index (Phi) is 1.76.